The molecule has 3 rings (SSSR count). The van der Waals surface area contributed by atoms with E-state index in [1.54, 1.807) is 42.3 Å². The Balaban J connectivity index is 1.59. The lowest BCUT2D eigenvalue weighted by Crippen LogP contribution is -2.58. The fourth-order valence-electron chi connectivity index (χ4n) is 4.20. The monoisotopic (exact) mass is 491 g/mol. The lowest BCUT2D eigenvalue weighted by molar-refractivity contribution is -0.139. The van der Waals surface area contributed by atoms with E-state index in [1.165, 1.54) is 12.1 Å². The molecule has 9 heteroatoms. The zero-order valence-electron chi connectivity index (χ0n) is 19.7. The summed E-state index contributed by atoms with van der Waals surface area (Å²) >= 11 is 6.12. The Hall–Kier alpha value is -2.68. The molecule has 1 saturated heterocycles. The van der Waals surface area contributed by atoms with Crippen molar-refractivity contribution in [2.45, 2.75) is 39.0 Å². The van der Waals surface area contributed by atoms with E-state index >= 15 is 0 Å². The molecule has 184 valence electrons. The highest BCUT2D eigenvalue weighted by Crippen LogP contribution is 2.25. The summed E-state index contributed by atoms with van der Waals surface area (Å²) in [6.07, 6.45) is 0. The molecule has 34 heavy (non-hydrogen) atoms. The van der Waals surface area contributed by atoms with Crippen LogP contribution in [0.2, 0.25) is 5.02 Å². The van der Waals surface area contributed by atoms with E-state index in [0.717, 1.165) is 11.1 Å². The summed E-state index contributed by atoms with van der Waals surface area (Å²) in [5.41, 5.74) is 1.75. The van der Waals surface area contributed by atoms with E-state index in [1.807, 2.05) is 11.8 Å². The molecule has 0 spiro atoms. The van der Waals surface area contributed by atoms with E-state index in [4.69, 9.17) is 21.4 Å². The Morgan fingerprint density at radius 1 is 1.15 bits per heavy atom. The highest BCUT2D eigenvalue weighted by Gasteiger charge is 2.32. The normalized spacial score (nSPS) is 18.8. The molecule has 1 amide bonds. The van der Waals surface area contributed by atoms with Gasteiger partial charge in [0.1, 0.15) is 11.6 Å². The van der Waals surface area contributed by atoms with E-state index in [2.05, 4.69) is 11.8 Å². The first-order valence-electron chi connectivity index (χ1n) is 11.2. The molecule has 0 aromatic heterocycles. The van der Waals surface area contributed by atoms with Gasteiger partial charge in [-0.05, 0) is 56.8 Å². The highest BCUT2D eigenvalue weighted by molar-refractivity contribution is 6.30. The maximum Gasteiger partial charge on any atom is 0.317 e. The first kappa shape index (κ1) is 25.9. The maximum absolute atomic E-state index is 13.2. The van der Waals surface area contributed by atoms with Gasteiger partial charge < -0.3 is 14.7 Å². The second kappa shape index (κ2) is 11.6. The summed E-state index contributed by atoms with van der Waals surface area (Å²) in [4.78, 5) is 29.7. The van der Waals surface area contributed by atoms with Crippen LogP contribution >= 0.6 is 11.6 Å². The van der Waals surface area contributed by atoms with Gasteiger partial charge in [0, 0.05) is 48.8 Å². The van der Waals surface area contributed by atoms with Crippen LogP contribution in [-0.4, -0.2) is 77.1 Å². The minimum atomic E-state index is -0.927. The van der Waals surface area contributed by atoms with Gasteiger partial charge in [-0.3, -0.25) is 19.4 Å². The van der Waals surface area contributed by atoms with E-state index in [-0.39, 0.29) is 37.0 Å². The fraction of sp³-hybridized carbons (Fsp3) is 0.440. The number of nitrogens with zero attached hydrogens (tertiary/aromatic N) is 3. The van der Waals surface area contributed by atoms with Crippen LogP contribution in [0.4, 0.5) is 4.39 Å². The number of halogens is 2. The standard InChI is InChI=1S/C25H31ClFN3O4/c1-17-12-30(18(2)11-29(17)13-19-4-7-22(27)8-5-19)24(31)16-34-23-9-6-21(26)10-20(23)14-28(3)15-25(32)33/h4-10,17-18H,11-16H2,1-3H3,(H,32,33)/t17-,18+/m0/s1. The van der Waals surface area contributed by atoms with Crippen molar-refractivity contribution >= 4 is 23.5 Å². The summed E-state index contributed by atoms with van der Waals surface area (Å²) in [6, 6.07) is 11.7. The molecule has 0 aliphatic carbocycles. The third-order valence-electron chi connectivity index (χ3n) is 5.95. The van der Waals surface area contributed by atoms with Gasteiger partial charge in [0.25, 0.3) is 5.91 Å². The average molecular weight is 492 g/mol. The number of ether oxygens (including phenoxy) is 1. The van der Waals surface area contributed by atoms with E-state index < -0.39 is 5.97 Å². The van der Waals surface area contributed by atoms with Gasteiger partial charge >= 0.3 is 5.97 Å². The first-order chi connectivity index (χ1) is 16.1. The molecule has 0 unspecified atom stereocenters. The minimum absolute atomic E-state index is 0.000800. The van der Waals surface area contributed by atoms with Crippen LogP contribution in [0, 0.1) is 5.82 Å². The van der Waals surface area contributed by atoms with Crippen molar-refractivity contribution in [2.24, 2.45) is 0 Å². The van der Waals surface area contributed by atoms with Crippen molar-refractivity contribution < 1.29 is 23.8 Å². The van der Waals surface area contributed by atoms with Crippen molar-refractivity contribution in [3.05, 3.63) is 64.4 Å². The Labute approximate surface area is 204 Å². The molecule has 0 saturated carbocycles. The van der Waals surface area contributed by atoms with Crippen LogP contribution in [0.5, 0.6) is 5.75 Å². The number of likely N-dealkylation sites (N-methyl/N-ethyl adjacent to an activating group) is 1. The van der Waals surface area contributed by atoms with Gasteiger partial charge in [-0.2, -0.15) is 0 Å². The van der Waals surface area contributed by atoms with Crippen molar-refractivity contribution in [1.29, 1.82) is 0 Å². The number of carboxylic acid groups (broad SMARTS) is 1. The molecule has 1 heterocycles. The van der Waals surface area contributed by atoms with Crippen LogP contribution in [0.25, 0.3) is 0 Å². The molecule has 2 aromatic rings. The van der Waals surface area contributed by atoms with Crippen LogP contribution < -0.4 is 4.74 Å². The van der Waals surface area contributed by atoms with Crippen molar-refractivity contribution in [1.82, 2.24) is 14.7 Å². The number of hydrogen-bond donors (Lipinski definition) is 1. The molecule has 2 aromatic carbocycles. The summed E-state index contributed by atoms with van der Waals surface area (Å²) in [5.74, 6) is -0.784. The second-order valence-electron chi connectivity index (χ2n) is 8.91. The molecular weight excluding hydrogens is 461 g/mol. The Kier molecular flexibility index (Phi) is 8.88. The number of carbonyl (C=O) groups is 2. The topological polar surface area (TPSA) is 73.3 Å². The average Bonchev–Trinajstić information content (AvgIpc) is 2.76. The summed E-state index contributed by atoms with van der Waals surface area (Å²) in [6.45, 7) is 6.14. The molecule has 1 aliphatic heterocycles. The maximum atomic E-state index is 13.2. The van der Waals surface area contributed by atoms with Gasteiger partial charge in [-0.1, -0.05) is 23.7 Å². The summed E-state index contributed by atoms with van der Waals surface area (Å²) < 4.78 is 19.1. The molecule has 1 fully saturated rings. The molecule has 2 atom stereocenters. The molecule has 1 aliphatic rings. The Morgan fingerprint density at radius 2 is 1.85 bits per heavy atom. The van der Waals surface area contributed by atoms with Crippen LogP contribution in [-0.2, 0) is 22.7 Å². The SMILES string of the molecule is C[C@@H]1CN(Cc2ccc(F)cc2)[C@@H](C)CN1C(=O)COc1ccc(Cl)cc1CN(C)CC(=O)O. The largest absolute Gasteiger partial charge is 0.483 e. The van der Waals surface area contributed by atoms with Crippen molar-refractivity contribution in [3.8, 4) is 5.75 Å². The highest BCUT2D eigenvalue weighted by atomic mass is 35.5. The molecule has 0 bridgehead atoms. The van der Waals surface area contributed by atoms with Crippen molar-refractivity contribution in [3.63, 3.8) is 0 Å². The quantitative estimate of drug-likeness (QED) is 0.579. The number of hydrogen-bond acceptors (Lipinski definition) is 5. The van der Waals surface area contributed by atoms with Gasteiger partial charge in [0.15, 0.2) is 6.61 Å². The zero-order valence-corrected chi connectivity index (χ0v) is 20.5. The number of rotatable bonds is 9. The molecule has 7 nitrogen and oxygen atoms in total. The number of aliphatic carboxylic acids is 1. The number of carboxylic acids is 1. The summed E-state index contributed by atoms with van der Waals surface area (Å²) in [5, 5.41) is 9.51. The van der Waals surface area contributed by atoms with Crippen LogP contribution in [0.15, 0.2) is 42.5 Å². The van der Waals surface area contributed by atoms with Gasteiger partial charge in [0.2, 0.25) is 0 Å². The lowest BCUT2D eigenvalue weighted by atomic mass is 10.1. The number of carbonyl (C=O) groups excluding carboxylic acids is 1. The predicted molar refractivity (Wildman–Crippen MR) is 128 cm³/mol. The van der Waals surface area contributed by atoms with E-state index in [0.29, 0.717) is 37.0 Å². The zero-order chi connectivity index (χ0) is 24.8. The van der Waals surface area contributed by atoms with Crippen molar-refractivity contribution in [2.75, 3.05) is 33.3 Å². The number of piperazine rings is 1. The third-order valence-corrected chi connectivity index (χ3v) is 6.19. The number of benzene rings is 2. The first-order valence-corrected chi connectivity index (χ1v) is 11.6. The third kappa shape index (κ3) is 7.16. The smallest absolute Gasteiger partial charge is 0.317 e. The molecule has 0 radical (unpaired) electrons. The van der Waals surface area contributed by atoms with Gasteiger partial charge in [0.05, 0.1) is 6.54 Å². The Morgan fingerprint density at radius 3 is 2.53 bits per heavy atom. The number of amides is 1. The molecular formula is C25H31ClFN3O4. The Bertz CT molecular complexity index is 1000. The van der Waals surface area contributed by atoms with Gasteiger partial charge in [-0.25, -0.2) is 4.39 Å². The lowest BCUT2D eigenvalue weighted by Gasteiger charge is -2.44. The van der Waals surface area contributed by atoms with Crippen LogP contribution in [0.1, 0.15) is 25.0 Å². The van der Waals surface area contributed by atoms with E-state index in [9.17, 15) is 14.0 Å². The fourth-order valence-corrected chi connectivity index (χ4v) is 4.40. The summed E-state index contributed by atoms with van der Waals surface area (Å²) in [7, 11) is 1.69. The van der Waals surface area contributed by atoms with Crippen LogP contribution in [0.3, 0.4) is 0 Å². The van der Waals surface area contributed by atoms with Gasteiger partial charge in [-0.15, -0.1) is 0 Å². The minimum Gasteiger partial charge on any atom is -0.483 e. The molecule has 1 N–H and O–H groups in total. The predicted octanol–water partition coefficient (Wildman–Crippen LogP) is 3.50. The second-order valence-corrected chi connectivity index (χ2v) is 9.34.